The average Bonchev–Trinajstić information content (AvgIpc) is 2.76. The average molecular weight is 260 g/mol. The van der Waals surface area contributed by atoms with Gasteiger partial charge in [0.05, 0.1) is 10.3 Å². The minimum absolute atomic E-state index is 0.110. The van der Waals surface area contributed by atoms with Gasteiger partial charge in [0.2, 0.25) is 0 Å². The second-order valence-electron chi connectivity index (χ2n) is 4.15. The van der Waals surface area contributed by atoms with E-state index in [2.05, 4.69) is 4.90 Å². The zero-order valence-electron chi connectivity index (χ0n) is 9.02. The molecule has 1 N–H and O–H groups in total. The number of hydrogen-bond acceptors (Lipinski definition) is 3. The molecule has 1 aliphatic heterocycles. The number of nitrogens with zero attached hydrogens (tertiary/aromatic N) is 1. The van der Waals surface area contributed by atoms with Gasteiger partial charge < -0.3 is 5.11 Å². The van der Waals surface area contributed by atoms with Crippen molar-refractivity contribution in [3.05, 3.63) is 21.3 Å². The van der Waals surface area contributed by atoms with Crippen molar-refractivity contribution in [3.8, 4) is 0 Å². The molecule has 1 saturated heterocycles. The van der Waals surface area contributed by atoms with Crippen molar-refractivity contribution in [1.82, 2.24) is 4.90 Å². The standard InChI is InChI=1S/C11H14ClNO2S/c1-7-9(11(14)15)4-5-13(7)6-8-2-3-10(12)16-8/h2-3,7,9H,4-6H2,1H3,(H,14,15). The Kier molecular flexibility index (Phi) is 3.52. The number of rotatable bonds is 3. The first-order chi connectivity index (χ1) is 7.58. The van der Waals surface area contributed by atoms with Crippen molar-refractivity contribution >= 4 is 28.9 Å². The van der Waals surface area contributed by atoms with Crippen molar-refractivity contribution < 1.29 is 9.90 Å². The van der Waals surface area contributed by atoms with Gasteiger partial charge in [-0.1, -0.05) is 11.6 Å². The van der Waals surface area contributed by atoms with Gasteiger partial charge in [0, 0.05) is 17.5 Å². The fourth-order valence-electron chi connectivity index (χ4n) is 2.19. The minimum Gasteiger partial charge on any atom is -0.481 e. The third-order valence-electron chi connectivity index (χ3n) is 3.19. The van der Waals surface area contributed by atoms with Gasteiger partial charge in [-0.3, -0.25) is 9.69 Å². The summed E-state index contributed by atoms with van der Waals surface area (Å²) in [6.07, 6.45) is 0.746. The Morgan fingerprint density at radius 3 is 2.94 bits per heavy atom. The highest BCUT2D eigenvalue weighted by Crippen LogP contribution is 2.29. The molecule has 0 radical (unpaired) electrons. The number of carboxylic acid groups (broad SMARTS) is 1. The van der Waals surface area contributed by atoms with E-state index in [1.54, 1.807) is 11.3 Å². The van der Waals surface area contributed by atoms with Crippen molar-refractivity contribution in [2.75, 3.05) is 6.54 Å². The highest BCUT2D eigenvalue weighted by atomic mass is 35.5. The van der Waals surface area contributed by atoms with Gasteiger partial charge in [-0.15, -0.1) is 11.3 Å². The van der Waals surface area contributed by atoms with Crippen LogP contribution in [0.1, 0.15) is 18.2 Å². The highest BCUT2D eigenvalue weighted by Gasteiger charge is 2.35. The molecular weight excluding hydrogens is 246 g/mol. The first-order valence-corrected chi connectivity index (χ1v) is 6.48. The quantitative estimate of drug-likeness (QED) is 0.907. The van der Waals surface area contributed by atoms with E-state index in [0.717, 1.165) is 23.8 Å². The van der Waals surface area contributed by atoms with Gasteiger partial charge in [-0.25, -0.2) is 0 Å². The predicted molar refractivity (Wildman–Crippen MR) is 64.9 cm³/mol. The molecule has 1 aromatic rings. The Labute approximate surface area is 104 Å². The van der Waals surface area contributed by atoms with E-state index >= 15 is 0 Å². The smallest absolute Gasteiger partial charge is 0.308 e. The van der Waals surface area contributed by atoms with Crippen molar-refractivity contribution in [3.63, 3.8) is 0 Å². The van der Waals surface area contributed by atoms with Crippen LogP contribution >= 0.6 is 22.9 Å². The Hall–Kier alpha value is -0.580. The molecule has 0 bridgehead atoms. The fourth-order valence-corrected chi connectivity index (χ4v) is 3.31. The molecule has 1 fully saturated rings. The number of likely N-dealkylation sites (tertiary alicyclic amines) is 1. The molecule has 2 atom stereocenters. The van der Waals surface area contributed by atoms with Crippen LogP contribution in [0.5, 0.6) is 0 Å². The molecule has 16 heavy (non-hydrogen) atoms. The maximum absolute atomic E-state index is 11.0. The van der Waals surface area contributed by atoms with E-state index in [1.165, 1.54) is 4.88 Å². The molecule has 1 aromatic heterocycles. The summed E-state index contributed by atoms with van der Waals surface area (Å²) in [5, 5.41) is 9.03. The minimum atomic E-state index is -0.681. The van der Waals surface area contributed by atoms with Crippen LogP contribution in [0, 0.1) is 5.92 Å². The predicted octanol–water partition coefficient (Wildman–Crippen LogP) is 2.70. The van der Waals surface area contributed by atoms with Gasteiger partial charge in [0.15, 0.2) is 0 Å². The van der Waals surface area contributed by atoms with E-state index in [1.807, 2.05) is 19.1 Å². The SMILES string of the molecule is CC1C(C(=O)O)CCN1Cc1ccc(Cl)s1. The number of aliphatic carboxylic acids is 1. The summed E-state index contributed by atoms with van der Waals surface area (Å²) >= 11 is 7.43. The van der Waals surface area contributed by atoms with Crippen LogP contribution in [0.25, 0.3) is 0 Å². The van der Waals surface area contributed by atoms with Crippen LogP contribution in [0.3, 0.4) is 0 Å². The Bertz CT molecular complexity index is 393. The molecule has 0 amide bonds. The van der Waals surface area contributed by atoms with Gasteiger partial charge in [-0.05, 0) is 32.0 Å². The van der Waals surface area contributed by atoms with Crippen LogP contribution in [-0.2, 0) is 11.3 Å². The Balaban J connectivity index is 2.00. The third-order valence-corrected chi connectivity index (χ3v) is 4.41. The molecule has 2 rings (SSSR count). The van der Waals surface area contributed by atoms with E-state index in [4.69, 9.17) is 16.7 Å². The maximum atomic E-state index is 11.0. The van der Waals surface area contributed by atoms with E-state index < -0.39 is 5.97 Å². The van der Waals surface area contributed by atoms with Crippen molar-refractivity contribution in [1.29, 1.82) is 0 Å². The number of carboxylic acids is 1. The molecular formula is C11H14ClNO2S. The van der Waals surface area contributed by atoms with Crippen LogP contribution in [0.4, 0.5) is 0 Å². The van der Waals surface area contributed by atoms with Crippen molar-refractivity contribution in [2.24, 2.45) is 5.92 Å². The largest absolute Gasteiger partial charge is 0.481 e. The second kappa shape index (κ2) is 4.73. The van der Waals surface area contributed by atoms with Gasteiger partial charge in [0.1, 0.15) is 0 Å². The first-order valence-electron chi connectivity index (χ1n) is 5.29. The number of carbonyl (C=O) groups is 1. The Morgan fingerprint density at radius 1 is 1.69 bits per heavy atom. The zero-order chi connectivity index (χ0) is 11.7. The number of thiophene rings is 1. The fraction of sp³-hybridized carbons (Fsp3) is 0.545. The normalized spacial score (nSPS) is 26.1. The second-order valence-corrected chi connectivity index (χ2v) is 5.95. The summed E-state index contributed by atoms with van der Waals surface area (Å²) in [6, 6.07) is 4.00. The monoisotopic (exact) mass is 259 g/mol. The highest BCUT2D eigenvalue weighted by molar-refractivity contribution is 7.16. The molecule has 0 spiro atoms. The van der Waals surface area contributed by atoms with Crippen LogP contribution in [0.2, 0.25) is 4.34 Å². The number of halogens is 1. The lowest BCUT2D eigenvalue weighted by molar-refractivity contribution is -0.142. The Morgan fingerprint density at radius 2 is 2.44 bits per heavy atom. The molecule has 1 aliphatic rings. The maximum Gasteiger partial charge on any atom is 0.308 e. The molecule has 88 valence electrons. The third kappa shape index (κ3) is 2.39. The summed E-state index contributed by atoms with van der Waals surface area (Å²) in [5.74, 6) is -0.908. The van der Waals surface area contributed by atoms with E-state index in [0.29, 0.717) is 0 Å². The summed E-state index contributed by atoms with van der Waals surface area (Å²) in [6.45, 7) is 3.65. The lowest BCUT2D eigenvalue weighted by atomic mass is 10.0. The molecule has 0 aromatic carbocycles. The summed E-state index contributed by atoms with van der Waals surface area (Å²) in [4.78, 5) is 14.4. The summed E-state index contributed by atoms with van der Waals surface area (Å²) in [5.41, 5.74) is 0. The first kappa shape index (κ1) is 11.9. The van der Waals surface area contributed by atoms with E-state index in [9.17, 15) is 4.79 Å². The van der Waals surface area contributed by atoms with E-state index in [-0.39, 0.29) is 12.0 Å². The van der Waals surface area contributed by atoms with Crippen LogP contribution in [0.15, 0.2) is 12.1 Å². The van der Waals surface area contributed by atoms with Gasteiger partial charge in [0.25, 0.3) is 0 Å². The topological polar surface area (TPSA) is 40.5 Å². The van der Waals surface area contributed by atoms with Gasteiger partial charge in [-0.2, -0.15) is 0 Å². The zero-order valence-corrected chi connectivity index (χ0v) is 10.6. The molecule has 3 nitrogen and oxygen atoms in total. The molecule has 5 heteroatoms. The summed E-state index contributed by atoms with van der Waals surface area (Å²) < 4.78 is 0.789. The van der Waals surface area contributed by atoms with Crippen LogP contribution in [-0.4, -0.2) is 28.6 Å². The lowest BCUT2D eigenvalue weighted by Crippen LogP contribution is -2.32. The summed E-state index contributed by atoms with van der Waals surface area (Å²) in [7, 11) is 0. The number of hydrogen-bond donors (Lipinski definition) is 1. The van der Waals surface area contributed by atoms with Gasteiger partial charge >= 0.3 is 5.97 Å². The molecule has 2 unspecified atom stereocenters. The van der Waals surface area contributed by atoms with Crippen molar-refractivity contribution in [2.45, 2.75) is 25.9 Å². The van der Waals surface area contributed by atoms with Crippen LogP contribution < -0.4 is 0 Å². The lowest BCUT2D eigenvalue weighted by Gasteiger charge is -2.22. The molecule has 0 aliphatic carbocycles. The molecule has 0 saturated carbocycles. The molecule has 2 heterocycles.